The summed E-state index contributed by atoms with van der Waals surface area (Å²) < 4.78 is 3.01. The highest BCUT2D eigenvalue weighted by Crippen LogP contribution is 2.28. The molecule has 10 nitrogen and oxygen atoms in total. The van der Waals surface area contributed by atoms with Crippen LogP contribution in [0.15, 0.2) is 82.8 Å². The van der Waals surface area contributed by atoms with Crippen molar-refractivity contribution >= 4 is 22.5 Å². The van der Waals surface area contributed by atoms with Gasteiger partial charge in [-0.2, -0.15) is 5.26 Å². The molecule has 0 fully saturated rings. The first-order valence-corrected chi connectivity index (χ1v) is 11.4. The number of rotatable bonds is 5. The number of para-hydroxylation sites is 1. The number of fused-ring (bicyclic) bond motifs is 1. The number of nitrogens with two attached hydrogens (primary N) is 1. The van der Waals surface area contributed by atoms with Crippen LogP contribution in [0.4, 0.5) is 11.6 Å². The Morgan fingerprint density at radius 1 is 1.03 bits per heavy atom. The van der Waals surface area contributed by atoms with E-state index < -0.39 is 6.04 Å². The summed E-state index contributed by atoms with van der Waals surface area (Å²) in [6.45, 7) is 1.82. The molecule has 0 spiro atoms. The van der Waals surface area contributed by atoms with E-state index in [1.807, 2.05) is 55.5 Å². The van der Waals surface area contributed by atoms with E-state index in [-0.39, 0.29) is 28.3 Å². The number of hydrogen-bond acceptors (Lipinski definition) is 8. The third-order valence-electron chi connectivity index (χ3n) is 6.06. The van der Waals surface area contributed by atoms with Crippen LogP contribution in [0.1, 0.15) is 24.4 Å². The first-order chi connectivity index (χ1) is 17.9. The lowest BCUT2D eigenvalue weighted by molar-refractivity contribution is 0.730. The third kappa shape index (κ3) is 4.19. The molecule has 3 aromatic heterocycles. The van der Waals surface area contributed by atoms with Crippen LogP contribution in [0, 0.1) is 11.3 Å². The van der Waals surface area contributed by atoms with Crippen molar-refractivity contribution in [1.82, 2.24) is 24.1 Å². The standard InChI is InChI=1S/C27H22N8O2/c1-16(32-25-20(13-28)24(29)30-15-31-25)26-33-21-10-6-9-19(17-11-12-22(36)34(2)14-17)23(21)27(37)35(26)18-7-4-3-5-8-18/h3-12,14-16H,1-2H3,(H3,29,30,31,32)/t16-/m1/s1. The summed E-state index contributed by atoms with van der Waals surface area (Å²) in [7, 11) is 1.66. The largest absolute Gasteiger partial charge is 0.382 e. The molecule has 0 unspecified atom stereocenters. The first kappa shape index (κ1) is 23.4. The van der Waals surface area contributed by atoms with Gasteiger partial charge in [0.15, 0.2) is 0 Å². The van der Waals surface area contributed by atoms with Crippen molar-refractivity contribution in [3.8, 4) is 22.9 Å². The van der Waals surface area contributed by atoms with E-state index in [0.29, 0.717) is 28.0 Å². The van der Waals surface area contributed by atoms with Gasteiger partial charge in [0.1, 0.15) is 35.4 Å². The number of nitrogens with one attached hydrogen (secondary N) is 1. The highest BCUT2D eigenvalue weighted by molar-refractivity contribution is 5.94. The number of nitrogen functional groups attached to an aromatic ring is 1. The Labute approximate surface area is 211 Å². The van der Waals surface area contributed by atoms with Crippen LogP contribution in [0.2, 0.25) is 0 Å². The van der Waals surface area contributed by atoms with Crippen LogP contribution in [-0.2, 0) is 7.05 Å². The molecule has 0 saturated heterocycles. The van der Waals surface area contributed by atoms with E-state index in [0.717, 1.165) is 5.56 Å². The molecular weight excluding hydrogens is 468 g/mol. The molecule has 5 rings (SSSR count). The molecule has 0 aliphatic carbocycles. The topological polar surface area (TPSA) is 145 Å². The predicted molar refractivity (Wildman–Crippen MR) is 141 cm³/mol. The number of nitriles is 1. The molecule has 2 aromatic carbocycles. The molecule has 37 heavy (non-hydrogen) atoms. The average molecular weight is 491 g/mol. The summed E-state index contributed by atoms with van der Waals surface area (Å²) in [5, 5.41) is 13.1. The Morgan fingerprint density at radius 3 is 2.54 bits per heavy atom. The quantitative estimate of drug-likeness (QED) is 0.382. The fourth-order valence-corrected chi connectivity index (χ4v) is 4.25. The fraction of sp³-hybridized carbons (Fsp3) is 0.111. The Bertz CT molecular complexity index is 1800. The van der Waals surface area contributed by atoms with Crippen LogP contribution in [0.3, 0.4) is 0 Å². The zero-order valence-electron chi connectivity index (χ0n) is 20.1. The van der Waals surface area contributed by atoms with Gasteiger partial charge < -0.3 is 15.6 Å². The minimum atomic E-state index is -0.542. The Kier molecular flexibility index (Phi) is 5.95. The van der Waals surface area contributed by atoms with Crippen molar-refractivity contribution < 1.29 is 0 Å². The highest BCUT2D eigenvalue weighted by Gasteiger charge is 2.22. The second kappa shape index (κ2) is 9.39. The van der Waals surface area contributed by atoms with Gasteiger partial charge >= 0.3 is 0 Å². The maximum atomic E-state index is 14.2. The zero-order valence-corrected chi connectivity index (χ0v) is 20.1. The smallest absolute Gasteiger partial charge is 0.266 e. The maximum Gasteiger partial charge on any atom is 0.266 e. The molecule has 0 amide bonds. The molecule has 0 aliphatic heterocycles. The number of benzene rings is 2. The van der Waals surface area contributed by atoms with E-state index >= 15 is 0 Å². The van der Waals surface area contributed by atoms with E-state index in [4.69, 9.17) is 10.7 Å². The van der Waals surface area contributed by atoms with Crippen molar-refractivity contribution in [2.45, 2.75) is 13.0 Å². The van der Waals surface area contributed by atoms with E-state index in [1.165, 1.54) is 17.0 Å². The number of aromatic nitrogens is 5. The van der Waals surface area contributed by atoms with E-state index in [9.17, 15) is 14.9 Å². The van der Waals surface area contributed by atoms with Gasteiger partial charge in [0.25, 0.3) is 5.56 Å². The minimum absolute atomic E-state index is 0.0565. The maximum absolute atomic E-state index is 14.2. The van der Waals surface area contributed by atoms with Gasteiger partial charge in [0, 0.05) is 19.3 Å². The molecule has 0 radical (unpaired) electrons. The molecule has 3 N–H and O–H groups in total. The fourth-order valence-electron chi connectivity index (χ4n) is 4.25. The summed E-state index contributed by atoms with van der Waals surface area (Å²) >= 11 is 0. The second-order valence-corrected chi connectivity index (χ2v) is 8.47. The summed E-state index contributed by atoms with van der Waals surface area (Å²) in [6.07, 6.45) is 2.97. The van der Waals surface area contributed by atoms with E-state index in [1.54, 1.807) is 29.9 Å². The number of hydrogen-bond donors (Lipinski definition) is 2. The summed E-state index contributed by atoms with van der Waals surface area (Å²) in [4.78, 5) is 39.0. The molecule has 3 heterocycles. The molecule has 0 aliphatic rings. The third-order valence-corrected chi connectivity index (χ3v) is 6.06. The van der Waals surface area contributed by atoms with Gasteiger partial charge in [0.05, 0.1) is 22.6 Å². The number of anilines is 2. The summed E-state index contributed by atoms with van der Waals surface area (Å²) in [5.74, 6) is 0.721. The number of pyridine rings is 1. The average Bonchev–Trinajstić information content (AvgIpc) is 2.90. The predicted octanol–water partition coefficient (Wildman–Crippen LogP) is 3.17. The van der Waals surface area contributed by atoms with Crippen LogP contribution in [-0.4, -0.2) is 24.1 Å². The van der Waals surface area contributed by atoms with Gasteiger partial charge in [0.2, 0.25) is 5.56 Å². The Hall–Kier alpha value is -5.30. The number of aryl methyl sites for hydroxylation is 1. The highest BCUT2D eigenvalue weighted by atomic mass is 16.1. The van der Waals surface area contributed by atoms with Crippen LogP contribution < -0.4 is 22.2 Å². The normalized spacial score (nSPS) is 11.7. The zero-order chi connectivity index (χ0) is 26.1. The lowest BCUT2D eigenvalue weighted by Gasteiger charge is -2.21. The lowest BCUT2D eigenvalue weighted by Crippen LogP contribution is -2.28. The molecule has 182 valence electrons. The SMILES string of the molecule is C[C@@H](Nc1ncnc(N)c1C#N)c1nc2cccc(-c3ccc(=O)n(C)c3)c2c(=O)n1-c1ccccc1. The van der Waals surface area contributed by atoms with Crippen molar-refractivity contribution in [2.24, 2.45) is 7.05 Å². The van der Waals surface area contributed by atoms with Gasteiger partial charge in [-0.1, -0.05) is 30.3 Å². The summed E-state index contributed by atoms with van der Waals surface area (Å²) in [6, 6.07) is 19.3. The molecule has 5 aromatic rings. The van der Waals surface area contributed by atoms with E-state index in [2.05, 4.69) is 15.3 Å². The van der Waals surface area contributed by atoms with Gasteiger partial charge in [-0.3, -0.25) is 14.2 Å². The van der Waals surface area contributed by atoms with Gasteiger partial charge in [-0.25, -0.2) is 15.0 Å². The van der Waals surface area contributed by atoms with Crippen LogP contribution in [0.25, 0.3) is 27.7 Å². The van der Waals surface area contributed by atoms with Crippen molar-refractivity contribution in [1.29, 1.82) is 5.26 Å². The Morgan fingerprint density at radius 2 is 1.81 bits per heavy atom. The van der Waals surface area contributed by atoms with Crippen molar-refractivity contribution in [2.75, 3.05) is 11.1 Å². The van der Waals surface area contributed by atoms with Gasteiger partial charge in [-0.05, 0) is 42.3 Å². The second-order valence-electron chi connectivity index (χ2n) is 8.47. The minimum Gasteiger partial charge on any atom is -0.382 e. The molecule has 1 atom stereocenters. The Balaban J connectivity index is 1.76. The van der Waals surface area contributed by atoms with Crippen molar-refractivity contribution in [3.05, 3.63) is 105 Å². The summed E-state index contributed by atoms with van der Waals surface area (Å²) in [5.41, 5.74) is 8.06. The molecule has 0 saturated carbocycles. The van der Waals surface area contributed by atoms with Crippen LogP contribution in [0.5, 0.6) is 0 Å². The molecule has 0 bridgehead atoms. The first-order valence-electron chi connectivity index (χ1n) is 11.4. The van der Waals surface area contributed by atoms with Crippen molar-refractivity contribution in [3.63, 3.8) is 0 Å². The lowest BCUT2D eigenvalue weighted by atomic mass is 10.0. The monoisotopic (exact) mass is 490 g/mol. The van der Waals surface area contributed by atoms with Crippen LogP contribution >= 0.6 is 0 Å². The molecular formula is C27H22N8O2. The molecule has 10 heteroatoms. The van der Waals surface area contributed by atoms with Gasteiger partial charge in [-0.15, -0.1) is 0 Å². The number of nitrogens with zero attached hydrogens (tertiary/aromatic N) is 6.